The fourth-order valence-corrected chi connectivity index (χ4v) is 3.42. The molecule has 0 aliphatic heterocycles. The van der Waals surface area contributed by atoms with E-state index in [1.54, 1.807) is 24.3 Å². The van der Waals surface area contributed by atoms with Crippen LogP contribution in [0.3, 0.4) is 0 Å². The summed E-state index contributed by atoms with van der Waals surface area (Å²) >= 11 is 0. The van der Waals surface area contributed by atoms with Crippen molar-refractivity contribution in [2.24, 2.45) is 11.8 Å². The number of esters is 1. The molecule has 4 atom stereocenters. The number of rotatable bonds is 9. The number of allylic oxidation sites excluding steroid dienone is 2. The molecule has 0 saturated heterocycles. The highest BCUT2D eigenvalue weighted by Crippen LogP contribution is 2.35. The fraction of sp³-hybridized carbons (Fsp3) is 0.524. The van der Waals surface area contributed by atoms with Crippen molar-refractivity contribution in [3.63, 3.8) is 0 Å². The third kappa shape index (κ3) is 6.98. The van der Waals surface area contributed by atoms with Crippen LogP contribution in [0.25, 0.3) is 0 Å². The summed E-state index contributed by atoms with van der Waals surface area (Å²) in [7, 11) is 1.37. The molecule has 0 spiro atoms. The highest BCUT2D eigenvalue weighted by Gasteiger charge is 2.41. The zero-order valence-electron chi connectivity index (χ0n) is 16.1. The molecule has 4 unspecified atom stereocenters. The van der Waals surface area contributed by atoms with Gasteiger partial charge in [0.15, 0.2) is 0 Å². The van der Waals surface area contributed by atoms with Crippen LogP contribution in [0.4, 0.5) is 10.5 Å². The Kier molecular flexibility index (Phi) is 8.97. The van der Waals surface area contributed by atoms with Crippen LogP contribution in [-0.2, 0) is 14.3 Å². The Morgan fingerprint density at radius 1 is 1.14 bits per heavy atom. The molecule has 28 heavy (non-hydrogen) atoms. The van der Waals surface area contributed by atoms with Gasteiger partial charge in [0, 0.05) is 18.0 Å². The number of methoxy groups -OCH3 is 1. The fourth-order valence-electron chi connectivity index (χ4n) is 3.42. The van der Waals surface area contributed by atoms with E-state index in [0.29, 0.717) is 24.9 Å². The SMILES string of the molecule is COC(=O)CCC/C=C/CC1C(O)CC(O)C1COC(=O)Nc1ccccc1. The number of amides is 1. The number of unbranched alkanes of at least 4 members (excludes halogenated alkanes) is 1. The van der Waals surface area contributed by atoms with Gasteiger partial charge in [0.2, 0.25) is 0 Å². The van der Waals surface area contributed by atoms with Crippen LogP contribution < -0.4 is 5.32 Å². The van der Waals surface area contributed by atoms with Crippen molar-refractivity contribution in [3.8, 4) is 0 Å². The van der Waals surface area contributed by atoms with Gasteiger partial charge in [-0.1, -0.05) is 30.4 Å². The van der Waals surface area contributed by atoms with Crippen LogP contribution in [0.5, 0.6) is 0 Å². The first kappa shape index (κ1) is 21.9. The van der Waals surface area contributed by atoms with E-state index in [-0.39, 0.29) is 30.8 Å². The number of carbonyl (C=O) groups excluding carboxylic acids is 2. The van der Waals surface area contributed by atoms with Crippen LogP contribution in [0.15, 0.2) is 42.5 Å². The molecule has 0 heterocycles. The van der Waals surface area contributed by atoms with Crippen molar-refractivity contribution in [3.05, 3.63) is 42.5 Å². The maximum absolute atomic E-state index is 11.9. The minimum Gasteiger partial charge on any atom is -0.469 e. The highest BCUT2D eigenvalue weighted by atomic mass is 16.5. The zero-order chi connectivity index (χ0) is 20.4. The second-order valence-corrected chi connectivity index (χ2v) is 6.96. The van der Waals surface area contributed by atoms with Gasteiger partial charge in [0.05, 0.1) is 25.9 Å². The molecule has 3 N–H and O–H groups in total. The Morgan fingerprint density at radius 3 is 2.57 bits per heavy atom. The molecule has 2 rings (SSSR count). The third-order valence-electron chi connectivity index (χ3n) is 5.00. The zero-order valence-corrected chi connectivity index (χ0v) is 16.1. The average molecular weight is 391 g/mol. The summed E-state index contributed by atoms with van der Waals surface area (Å²) in [4.78, 5) is 23.0. The van der Waals surface area contributed by atoms with Crippen molar-refractivity contribution in [1.82, 2.24) is 0 Å². The van der Waals surface area contributed by atoms with Crippen molar-refractivity contribution < 1.29 is 29.3 Å². The van der Waals surface area contributed by atoms with Gasteiger partial charge >= 0.3 is 12.1 Å². The lowest BCUT2D eigenvalue weighted by molar-refractivity contribution is -0.140. The van der Waals surface area contributed by atoms with E-state index >= 15 is 0 Å². The molecule has 1 aliphatic carbocycles. The quantitative estimate of drug-likeness (QED) is 0.340. The lowest BCUT2D eigenvalue weighted by Gasteiger charge is -2.22. The standard InChI is InChI=1S/C21H29NO6/c1-27-20(25)12-8-3-2-7-11-16-17(19(24)13-18(16)23)14-28-21(26)22-15-9-5-4-6-10-15/h2,4-7,9-10,16-19,23-24H,3,8,11-14H2,1H3,(H,22,26)/b7-2+. The Bertz CT molecular complexity index is 648. The molecule has 0 radical (unpaired) electrons. The molecule has 1 amide bonds. The summed E-state index contributed by atoms with van der Waals surface area (Å²) in [5.74, 6) is -0.735. The summed E-state index contributed by atoms with van der Waals surface area (Å²) < 4.78 is 9.86. The molecule has 1 fully saturated rings. The number of hydrogen-bond donors (Lipinski definition) is 3. The van der Waals surface area contributed by atoms with Crippen LogP contribution in [-0.4, -0.2) is 48.2 Å². The number of anilines is 1. The molecular formula is C21H29NO6. The molecule has 154 valence electrons. The van der Waals surface area contributed by atoms with Gasteiger partial charge in [-0.15, -0.1) is 0 Å². The molecular weight excluding hydrogens is 362 g/mol. The summed E-state index contributed by atoms with van der Waals surface area (Å²) in [6.07, 6.45) is 4.63. The highest BCUT2D eigenvalue weighted by molar-refractivity contribution is 5.84. The first-order valence-electron chi connectivity index (χ1n) is 9.58. The van der Waals surface area contributed by atoms with E-state index in [1.807, 2.05) is 18.2 Å². The molecule has 1 saturated carbocycles. The van der Waals surface area contributed by atoms with Crippen LogP contribution in [0, 0.1) is 11.8 Å². The average Bonchev–Trinajstić information content (AvgIpc) is 2.96. The Morgan fingerprint density at radius 2 is 1.86 bits per heavy atom. The van der Waals surface area contributed by atoms with Crippen molar-refractivity contribution in [2.45, 2.75) is 44.3 Å². The number of hydrogen-bond acceptors (Lipinski definition) is 6. The monoisotopic (exact) mass is 391 g/mol. The molecule has 7 heteroatoms. The molecule has 1 aromatic rings. The number of ether oxygens (including phenoxy) is 2. The van der Waals surface area contributed by atoms with Gasteiger partial charge in [0.25, 0.3) is 0 Å². The molecule has 1 aliphatic rings. The minimum atomic E-state index is -0.711. The van der Waals surface area contributed by atoms with Gasteiger partial charge in [-0.25, -0.2) is 4.79 Å². The lowest BCUT2D eigenvalue weighted by Crippen LogP contribution is -2.28. The third-order valence-corrected chi connectivity index (χ3v) is 5.00. The van der Waals surface area contributed by atoms with Crippen molar-refractivity contribution in [2.75, 3.05) is 19.0 Å². The Balaban J connectivity index is 1.77. The van der Waals surface area contributed by atoms with Crippen molar-refractivity contribution in [1.29, 1.82) is 0 Å². The first-order chi connectivity index (χ1) is 13.5. The normalized spacial score (nSPS) is 24.2. The molecule has 0 aromatic heterocycles. The number of benzene rings is 1. The lowest BCUT2D eigenvalue weighted by atomic mass is 9.91. The van der Waals surface area contributed by atoms with Gasteiger partial charge < -0.3 is 19.7 Å². The number of nitrogens with one attached hydrogen (secondary N) is 1. The van der Waals surface area contributed by atoms with Gasteiger partial charge in [-0.05, 0) is 43.7 Å². The molecule has 1 aromatic carbocycles. The second-order valence-electron chi connectivity index (χ2n) is 6.96. The van der Waals surface area contributed by atoms with Gasteiger partial charge in [0.1, 0.15) is 0 Å². The largest absolute Gasteiger partial charge is 0.469 e. The Hall–Kier alpha value is -2.38. The predicted molar refractivity (Wildman–Crippen MR) is 105 cm³/mol. The maximum atomic E-state index is 11.9. The topological polar surface area (TPSA) is 105 Å². The smallest absolute Gasteiger partial charge is 0.411 e. The summed E-state index contributed by atoms with van der Waals surface area (Å²) in [5.41, 5.74) is 0.631. The number of aliphatic hydroxyl groups excluding tert-OH is 2. The van der Waals surface area contributed by atoms with E-state index in [0.717, 1.165) is 6.42 Å². The van der Waals surface area contributed by atoms with E-state index in [4.69, 9.17) is 4.74 Å². The van der Waals surface area contributed by atoms with E-state index in [1.165, 1.54) is 7.11 Å². The van der Waals surface area contributed by atoms with Gasteiger partial charge in [-0.3, -0.25) is 10.1 Å². The van der Waals surface area contributed by atoms with E-state index < -0.39 is 18.3 Å². The summed E-state index contributed by atoms with van der Waals surface area (Å²) in [6.45, 7) is 0.0394. The van der Waals surface area contributed by atoms with Crippen LogP contribution in [0.2, 0.25) is 0 Å². The molecule has 7 nitrogen and oxygen atoms in total. The number of carbonyl (C=O) groups is 2. The van der Waals surface area contributed by atoms with Crippen molar-refractivity contribution >= 4 is 17.7 Å². The van der Waals surface area contributed by atoms with Gasteiger partial charge in [-0.2, -0.15) is 0 Å². The first-order valence-corrected chi connectivity index (χ1v) is 9.58. The van der Waals surface area contributed by atoms with E-state index in [2.05, 4.69) is 10.1 Å². The van der Waals surface area contributed by atoms with Crippen LogP contribution in [0.1, 0.15) is 32.1 Å². The number of para-hydroxylation sites is 1. The van der Waals surface area contributed by atoms with Crippen LogP contribution >= 0.6 is 0 Å². The van der Waals surface area contributed by atoms with E-state index in [9.17, 15) is 19.8 Å². The second kappa shape index (κ2) is 11.5. The number of aliphatic hydroxyl groups is 2. The predicted octanol–water partition coefficient (Wildman–Crippen LogP) is 2.88. The Labute approximate surface area is 165 Å². The molecule has 0 bridgehead atoms. The summed E-state index contributed by atoms with van der Waals surface area (Å²) in [6, 6.07) is 8.97. The maximum Gasteiger partial charge on any atom is 0.411 e. The summed E-state index contributed by atoms with van der Waals surface area (Å²) in [5, 5.41) is 23.1. The minimum absolute atomic E-state index is 0.0394.